The Bertz CT molecular complexity index is 423. The summed E-state index contributed by atoms with van der Waals surface area (Å²) in [5.74, 6) is 0.890. The van der Waals surface area contributed by atoms with Crippen molar-refractivity contribution in [1.29, 1.82) is 0 Å². The summed E-state index contributed by atoms with van der Waals surface area (Å²) in [5, 5.41) is 4.06. The van der Waals surface area contributed by atoms with E-state index in [2.05, 4.69) is 5.10 Å². The summed E-state index contributed by atoms with van der Waals surface area (Å²) in [7, 11) is -2.87. The number of sulfone groups is 1. The molecule has 0 aromatic carbocycles. The number of nitrogens with zero attached hydrogens (tertiary/aromatic N) is 2. The molecular formula is C9H17N3O2S. The van der Waals surface area contributed by atoms with E-state index < -0.39 is 9.84 Å². The van der Waals surface area contributed by atoms with Crippen LogP contribution in [0.2, 0.25) is 0 Å². The number of aromatic nitrogens is 2. The van der Waals surface area contributed by atoms with Crippen LogP contribution >= 0.6 is 0 Å². The van der Waals surface area contributed by atoms with Gasteiger partial charge < -0.3 is 5.73 Å². The molecule has 1 rings (SSSR count). The highest BCUT2D eigenvalue weighted by Crippen LogP contribution is 2.05. The van der Waals surface area contributed by atoms with E-state index in [1.165, 1.54) is 0 Å². The zero-order chi connectivity index (χ0) is 11.5. The van der Waals surface area contributed by atoms with Gasteiger partial charge in [0.1, 0.15) is 15.7 Å². The van der Waals surface area contributed by atoms with E-state index in [0.29, 0.717) is 18.8 Å². The molecule has 0 spiro atoms. The van der Waals surface area contributed by atoms with Crippen molar-refractivity contribution in [3.8, 4) is 0 Å². The monoisotopic (exact) mass is 231 g/mol. The van der Waals surface area contributed by atoms with Crippen LogP contribution in [-0.4, -0.2) is 29.7 Å². The van der Waals surface area contributed by atoms with Crippen LogP contribution in [0.3, 0.4) is 0 Å². The van der Waals surface area contributed by atoms with Crippen LogP contribution in [0.4, 0.5) is 5.82 Å². The van der Waals surface area contributed by atoms with Crippen LogP contribution in [0.5, 0.6) is 0 Å². The number of anilines is 1. The minimum absolute atomic E-state index is 0.202. The Hall–Kier alpha value is -1.04. The Morgan fingerprint density at radius 2 is 2.20 bits per heavy atom. The quantitative estimate of drug-likeness (QED) is 0.805. The van der Waals surface area contributed by atoms with E-state index in [-0.39, 0.29) is 11.5 Å². The molecule has 0 bridgehead atoms. The Balaban J connectivity index is 2.48. The van der Waals surface area contributed by atoms with Gasteiger partial charge in [0.05, 0.1) is 5.75 Å². The second-order valence-corrected chi connectivity index (χ2v) is 6.00. The van der Waals surface area contributed by atoms with E-state index in [4.69, 9.17) is 5.73 Å². The van der Waals surface area contributed by atoms with Gasteiger partial charge in [0, 0.05) is 24.1 Å². The maximum absolute atomic E-state index is 11.2. The topological polar surface area (TPSA) is 78.0 Å². The van der Waals surface area contributed by atoms with Gasteiger partial charge >= 0.3 is 0 Å². The summed E-state index contributed by atoms with van der Waals surface area (Å²) >= 11 is 0. The number of hydrogen-bond acceptors (Lipinski definition) is 4. The number of nitrogen functional groups attached to an aromatic ring is 1. The molecule has 0 saturated carbocycles. The smallest absolute Gasteiger partial charge is 0.150 e. The molecule has 1 aromatic heterocycles. The van der Waals surface area contributed by atoms with Crippen LogP contribution in [0, 0.1) is 6.92 Å². The highest BCUT2D eigenvalue weighted by molar-refractivity contribution is 7.91. The van der Waals surface area contributed by atoms with E-state index >= 15 is 0 Å². The number of aryl methyl sites for hydroxylation is 2. The molecule has 0 fully saturated rings. The molecule has 0 aliphatic rings. The van der Waals surface area contributed by atoms with Crippen molar-refractivity contribution in [3.63, 3.8) is 0 Å². The average Bonchev–Trinajstić information content (AvgIpc) is 2.45. The van der Waals surface area contributed by atoms with Crippen molar-refractivity contribution in [2.45, 2.75) is 26.8 Å². The molecule has 0 aliphatic carbocycles. The van der Waals surface area contributed by atoms with Crippen LogP contribution in [-0.2, 0) is 16.4 Å². The standard InChI is InChI=1S/C9H17N3O2S/c1-3-15(13,14)6-4-5-12-8(2)7-9(10)11-12/h7H,3-6H2,1-2H3,(H2,10,11). The second kappa shape index (κ2) is 4.65. The van der Waals surface area contributed by atoms with Crippen LogP contribution < -0.4 is 5.73 Å². The van der Waals surface area contributed by atoms with E-state index in [9.17, 15) is 8.42 Å². The van der Waals surface area contributed by atoms with Gasteiger partial charge in [-0.15, -0.1) is 0 Å². The highest BCUT2D eigenvalue weighted by Gasteiger charge is 2.07. The van der Waals surface area contributed by atoms with Gasteiger partial charge in [-0.3, -0.25) is 4.68 Å². The fourth-order valence-electron chi connectivity index (χ4n) is 1.34. The molecule has 0 radical (unpaired) electrons. The lowest BCUT2D eigenvalue weighted by molar-refractivity contribution is 0.567. The first-order valence-electron chi connectivity index (χ1n) is 4.95. The summed E-state index contributed by atoms with van der Waals surface area (Å²) in [4.78, 5) is 0. The normalized spacial score (nSPS) is 11.9. The molecule has 0 unspecified atom stereocenters. The SMILES string of the molecule is CCS(=O)(=O)CCCn1nc(N)cc1C. The molecule has 1 aromatic rings. The number of nitrogens with two attached hydrogens (primary N) is 1. The number of rotatable bonds is 5. The Labute approximate surface area is 90.2 Å². The minimum Gasteiger partial charge on any atom is -0.382 e. The molecule has 1 heterocycles. The first-order chi connectivity index (χ1) is 6.94. The molecule has 0 aliphatic heterocycles. The predicted molar refractivity (Wildman–Crippen MR) is 60.3 cm³/mol. The molecule has 0 atom stereocenters. The minimum atomic E-state index is -2.87. The second-order valence-electron chi connectivity index (χ2n) is 3.52. The van der Waals surface area contributed by atoms with Crippen LogP contribution in [0.25, 0.3) is 0 Å². The molecule has 86 valence electrons. The van der Waals surface area contributed by atoms with E-state index in [0.717, 1.165) is 5.69 Å². The van der Waals surface area contributed by atoms with Gasteiger partial charge in [-0.2, -0.15) is 5.10 Å². The molecule has 2 N–H and O–H groups in total. The van der Waals surface area contributed by atoms with Crippen LogP contribution in [0.1, 0.15) is 19.0 Å². The lowest BCUT2D eigenvalue weighted by atomic mass is 10.4. The Morgan fingerprint density at radius 1 is 1.53 bits per heavy atom. The van der Waals surface area contributed by atoms with E-state index in [1.54, 1.807) is 17.7 Å². The zero-order valence-electron chi connectivity index (χ0n) is 9.10. The lowest BCUT2D eigenvalue weighted by Crippen LogP contribution is -2.12. The van der Waals surface area contributed by atoms with Gasteiger partial charge in [0.2, 0.25) is 0 Å². The van der Waals surface area contributed by atoms with Crippen molar-refractivity contribution < 1.29 is 8.42 Å². The molecule has 5 nitrogen and oxygen atoms in total. The molecule has 0 amide bonds. The third kappa shape index (κ3) is 3.54. The lowest BCUT2D eigenvalue weighted by Gasteiger charge is -2.04. The largest absolute Gasteiger partial charge is 0.382 e. The fourth-order valence-corrected chi connectivity index (χ4v) is 2.20. The molecule has 15 heavy (non-hydrogen) atoms. The third-order valence-electron chi connectivity index (χ3n) is 2.27. The fraction of sp³-hybridized carbons (Fsp3) is 0.667. The Morgan fingerprint density at radius 3 is 2.67 bits per heavy atom. The van der Waals surface area contributed by atoms with Crippen LogP contribution in [0.15, 0.2) is 6.07 Å². The van der Waals surface area contributed by atoms with Gasteiger partial charge in [-0.1, -0.05) is 6.92 Å². The van der Waals surface area contributed by atoms with Crippen molar-refractivity contribution in [2.24, 2.45) is 0 Å². The summed E-state index contributed by atoms with van der Waals surface area (Å²) in [5.41, 5.74) is 6.47. The number of hydrogen-bond donors (Lipinski definition) is 1. The zero-order valence-corrected chi connectivity index (χ0v) is 9.92. The summed E-state index contributed by atoms with van der Waals surface area (Å²) < 4.78 is 24.2. The van der Waals surface area contributed by atoms with Gasteiger partial charge in [0.15, 0.2) is 0 Å². The molecule has 0 saturated heterocycles. The van der Waals surface area contributed by atoms with E-state index in [1.807, 2.05) is 6.92 Å². The summed E-state index contributed by atoms with van der Waals surface area (Å²) in [6.45, 7) is 4.16. The first-order valence-corrected chi connectivity index (χ1v) is 6.77. The average molecular weight is 231 g/mol. The van der Waals surface area contributed by atoms with Gasteiger partial charge in [0.25, 0.3) is 0 Å². The molecular weight excluding hydrogens is 214 g/mol. The summed E-state index contributed by atoms with van der Waals surface area (Å²) in [6, 6.07) is 1.77. The van der Waals surface area contributed by atoms with Crippen molar-refractivity contribution in [1.82, 2.24) is 9.78 Å². The Kier molecular flexibility index (Phi) is 3.73. The molecule has 6 heteroatoms. The van der Waals surface area contributed by atoms with Crippen molar-refractivity contribution in [2.75, 3.05) is 17.2 Å². The van der Waals surface area contributed by atoms with Crippen molar-refractivity contribution in [3.05, 3.63) is 11.8 Å². The van der Waals surface area contributed by atoms with Gasteiger partial charge in [-0.25, -0.2) is 8.42 Å². The maximum atomic E-state index is 11.2. The highest BCUT2D eigenvalue weighted by atomic mass is 32.2. The summed E-state index contributed by atoms with van der Waals surface area (Å²) in [6.07, 6.45) is 0.581. The van der Waals surface area contributed by atoms with Gasteiger partial charge in [-0.05, 0) is 13.3 Å². The van der Waals surface area contributed by atoms with Crippen molar-refractivity contribution >= 4 is 15.7 Å². The predicted octanol–water partition coefficient (Wildman–Crippen LogP) is 0.599. The first kappa shape index (κ1) is 12.0. The maximum Gasteiger partial charge on any atom is 0.150 e. The third-order valence-corrected chi connectivity index (χ3v) is 4.06.